The first-order valence-electron chi connectivity index (χ1n) is 5.72. The number of aromatic nitrogens is 2. The second kappa shape index (κ2) is 5.84. The summed E-state index contributed by atoms with van der Waals surface area (Å²) in [5.41, 5.74) is 2.28. The highest BCUT2D eigenvalue weighted by atomic mass is 35.5. The van der Waals surface area contributed by atoms with Crippen molar-refractivity contribution in [3.63, 3.8) is 0 Å². The zero-order valence-corrected chi connectivity index (χ0v) is 10.5. The summed E-state index contributed by atoms with van der Waals surface area (Å²) in [4.78, 5) is 7.07. The summed E-state index contributed by atoms with van der Waals surface area (Å²) in [7, 11) is 0. The van der Waals surface area contributed by atoms with Gasteiger partial charge in [-0.05, 0) is 18.6 Å². The largest absolute Gasteiger partial charge is 0.348 e. The Labute approximate surface area is 106 Å². The van der Waals surface area contributed by atoms with Crippen LogP contribution in [-0.2, 0) is 6.42 Å². The zero-order chi connectivity index (χ0) is 12.1. The second-order valence-corrected chi connectivity index (χ2v) is 4.43. The normalized spacial score (nSPS) is 12.6. The molecule has 0 saturated heterocycles. The van der Waals surface area contributed by atoms with E-state index >= 15 is 0 Å². The van der Waals surface area contributed by atoms with Crippen molar-refractivity contribution in [1.82, 2.24) is 15.3 Å². The van der Waals surface area contributed by atoms with Crippen LogP contribution < -0.4 is 5.32 Å². The third kappa shape index (κ3) is 3.32. The summed E-state index contributed by atoms with van der Waals surface area (Å²) in [5.74, 6) is 0. The van der Waals surface area contributed by atoms with Gasteiger partial charge in [-0.15, -0.1) is 0 Å². The highest BCUT2D eigenvalue weighted by Gasteiger charge is 2.07. The molecule has 2 aromatic rings. The smallest absolute Gasteiger partial charge is 0.0921 e. The van der Waals surface area contributed by atoms with E-state index < -0.39 is 0 Å². The van der Waals surface area contributed by atoms with Crippen LogP contribution in [0.5, 0.6) is 0 Å². The van der Waals surface area contributed by atoms with E-state index in [1.165, 1.54) is 0 Å². The molecule has 1 heterocycles. The van der Waals surface area contributed by atoms with Gasteiger partial charge in [-0.2, -0.15) is 0 Å². The summed E-state index contributed by atoms with van der Waals surface area (Å²) >= 11 is 6.14. The lowest BCUT2D eigenvalue weighted by atomic mass is 10.1. The molecule has 90 valence electrons. The predicted octanol–water partition coefficient (Wildman–Crippen LogP) is 2.96. The minimum Gasteiger partial charge on any atom is -0.348 e. The second-order valence-electron chi connectivity index (χ2n) is 4.02. The Morgan fingerprint density at radius 2 is 2.24 bits per heavy atom. The summed E-state index contributed by atoms with van der Waals surface area (Å²) in [6, 6.07) is 8.18. The van der Waals surface area contributed by atoms with Crippen LogP contribution in [0.25, 0.3) is 0 Å². The molecule has 1 unspecified atom stereocenters. The fraction of sp³-hybridized carbons (Fsp3) is 0.308. The maximum atomic E-state index is 6.14. The molecule has 1 aromatic carbocycles. The molecule has 1 aromatic heterocycles. The van der Waals surface area contributed by atoms with Crippen molar-refractivity contribution in [2.75, 3.05) is 6.54 Å². The van der Waals surface area contributed by atoms with Gasteiger partial charge in [-0.25, -0.2) is 4.98 Å². The third-order valence-corrected chi connectivity index (χ3v) is 3.12. The van der Waals surface area contributed by atoms with Gasteiger partial charge in [-0.1, -0.05) is 29.8 Å². The molecule has 0 spiro atoms. The molecule has 0 radical (unpaired) electrons. The molecule has 2 rings (SSSR count). The van der Waals surface area contributed by atoms with Gasteiger partial charge in [0.1, 0.15) is 0 Å². The molecule has 0 fully saturated rings. The standard InChI is InChI=1S/C13H16ClN3/c1-10(12-4-2-3-5-13(12)14)16-7-6-11-8-15-9-17-11/h2-5,8-10,16H,6-7H2,1H3,(H,15,17). The van der Waals surface area contributed by atoms with E-state index in [1.54, 1.807) is 6.33 Å². The van der Waals surface area contributed by atoms with Crippen LogP contribution in [0.3, 0.4) is 0 Å². The van der Waals surface area contributed by atoms with Gasteiger partial charge in [0.25, 0.3) is 0 Å². The Kier molecular flexibility index (Phi) is 4.18. The van der Waals surface area contributed by atoms with Crippen LogP contribution in [0.1, 0.15) is 24.2 Å². The number of halogens is 1. The Morgan fingerprint density at radius 3 is 2.94 bits per heavy atom. The average Bonchev–Trinajstić information content (AvgIpc) is 2.82. The van der Waals surface area contributed by atoms with Gasteiger partial charge in [0, 0.05) is 35.9 Å². The van der Waals surface area contributed by atoms with Crippen LogP contribution in [0.4, 0.5) is 0 Å². The molecule has 17 heavy (non-hydrogen) atoms. The van der Waals surface area contributed by atoms with Crippen molar-refractivity contribution in [2.45, 2.75) is 19.4 Å². The first-order valence-corrected chi connectivity index (χ1v) is 6.10. The van der Waals surface area contributed by atoms with E-state index in [0.717, 1.165) is 29.2 Å². The summed E-state index contributed by atoms with van der Waals surface area (Å²) in [6.07, 6.45) is 4.49. The topological polar surface area (TPSA) is 40.7 Å². The number of rotatable bonds is 5. The lowest BCUT2D eigenvalue weighted by Crippen LogP contribution is -2.21. The minimum absolute atomic E-state index is 0.256. The summed E-state index contributed by atoms with van der Waals surface area (Å²) < 4.78 is 0. The molecule has 0 amide bonds. The fourth-order valence-corrected chi connectivity index (χ4v) is 2.08. The lowest BCUT2D eigenvalue weighted by Gasteiger charge is -2.15. The van der Waals surface area contributed by atoms with Crippen LogP contribution in [0.2, 0.25) is 5.02 Å². The van der Waals surface area contributed by atoms with E-state index in [9.17, 15) is 0 Å². The molecule has 2 N–H and O–H groups in total. The van der Waals surface area contributed by atoms with Crippen LogP contribution >= 0.6 is 11.6 Å². The summed E-state index contributed by atoms with van der Waals surface area (Å²) in [5, 5.41) is 4.26. The minimum atomic E-state index is 0.256. The number of nitrogens with one attached hydrogen (secondary N) is 2. The van der Waals surface area contributed by atoms with Crippen LogP contribution in [-0.4, -0.2) is 16.5 Å². The van der Waals surface area contributed by atoms with Crippen molar-refractivity contribution in [3.05, 3.63) is 53.1 Å². The van der Waals surface area contributed by atoms with Crippen molar-refractivity contribution in [1.29, 1.82) is 0 Å². The zero-order valence-electron chi connectivity index (χ0n) is 9.78. The maximum Gasteiger partial charge on any atom is 0.0921 e. The van der Waals surface area contributed by atoms with Gasteiger partial charge < -0.3 is 10.3 Å². The van der Waals surface area contributed by atoms with Gasteiger partial charge in [-0.3, -0.25) is 0 Å². The summed E-state index contributed by atoms with van der Waals surface area (Å²) in [6.45, 7) is 3.02. The van der Waals surface area contributed by atoms with Crippen LogP contribution in [0.15, 0.2) is 36.8 Å². The first kappa shape index (κ1) is 12.1. The molecule has 0 aliphatic heterocycles. The number of H-pyrrole nitrogens is 1. The molecular weight excluding hydrogens is 234 g/mol. The van der Waals surface area contributed by atoms with E-state index in [4.69, 9.17) is 11.6 Å². The maximum absolute atomic E-state index is 6.14. The van der Waals surface area contributed by atoms with E-state index in [0.29, 0.717) is 0 Å². The molecule has 0 aliphatic rings. The molecule has 0 saturated carbocycles. The number of aromatic amines is 1. The fourth-order valence-electron chi connectivity index (χ4n) is 1.78. The number of nitrogens with zero attached hydrogens (tertiary/aromatic N) is 1. The predicted molar refractivity (Wildman–Crippen MR) is 70.2 cm³/mol. The quantitative estimate of drug-likeness (QED) is 0.855. The Morgan fingerprint density at radius 1 is 1.41 bits per heavy atom. The SMILES string of the molecule is CC(NCCc1cnc[nH]1)c1ccccc1Cl. The van der Waals surface area contributed by atoms with Crippen molar-refractivity contribution < 1.29 is 0 Å². The van der Waals surface area contributed by atoms with Crippen LogP contribution in [0, 0.1) is 0 Å². The van der Waals surface area contributed by atoms with E-state index in [-0.39, 0.29) is 6.04 Å². The third-order valence-electron chi connectivity index (χ3n) is 2.77. The van der Waals surface area contributed by atoms with Gasteiger partial charge >= 0.3 is 0 Å². The Hall–Kier alpha value is -1.32. The molecule has 1 atom stereocenters. The van der Waals surface area contributed by atoms with E-state index in [1.807, 2.05) is 24.4 Å². The highest BCUT2D eigenvalue weighted by Crippen LogP contribution is 2.21. The van der Waals surface area contributed by atoms with Crippen molar-refractivity contribution >= 4 is 11.6 Å². The van der Waals surface area contributed by atoms with Crippen molar-refractivity contribution in [3.8, 4) is 0 Å². The number of benzene rings is 1. The highest BCUT2D eigenvalue weighted by molar-refractivity contribution is 6.31. The van der Waals surface area contributed by atoms with Gasteiger partial charge in [0.15, 0.2) is 0 Å². The number of hydrogen-bond acceptors (Lipinski definition) is 2. The Bertz CT molecular complexity index is 453. The molecular formula is C13H16ClN3. The average molecular weight is 250 g/mol. The molecule has 4 heteroatoms. The molecule has 0 bridgehead atoms. The number of imidazole rings is 1. The monoisotopic (exact) mass is 249 g/mol. The first-order chi connectivity index (χ1) is 8.27. The molecule has 3 nitrogen and oxygen atoms in total. The van der Waals surface area contributed by atoms with Gasteiger partial charge in [0.2, 0.25) is 0 Å². The Balaban J connectivity index is 1.85. The lowest BCUT2D eigenvalue weighted by molar-refractivity contribution is 0.574. The van der Waals surface area contributed by atoms with Crippen molar-refractivity contribution in [2.24, 2.45) is 0 Å². The van der Waals surface area contributed by atoms with E-state index in [2.05, 4.69) is 28.3 Å². The molecule has 0 aliphatic carbocycles. The number of hydrogen-bond donors (Lipinski definition) is 2. The van der Waals surface area contributed by atoms with Gasteiger partial charge in [0.05, 0.1) is 6.33 Å².